The van der Waals surface area contributed by atoms with Gasteiger partial charge in [0.05, 0.1) is 30.2 Å². The van der Waals surface area contributed by atoms with Gasteiger partial charge in [-0.3, -0.25) is 9.59 Å². The van der Waals surface area contributed by atoms with Crippen LogP contribution in [-0.4, -0.2) is 23.8 Å². The molecule has 0 fully saturated rings. The Labute approximate surface area is 179 Å². The molecule has 0 spiro atoms. The van der Waals surface area contributed by atoms with Gasteiger partial charge in [-0.25, -0.2) is 4.98 Å². The number of nitrogens with zero attached hydrogens (tertiary/aromatic N) is 1. The fraction of sp³-hybridized carbons (Fsp3) is 0.160. The van der Waals surface area contributed by atoms with Gasteiger partial charge in [-0.05, 0) is 34.4 Å². The Bertz CT molecular complexity index is 1180. The summed E-state index contributed by atoms with van der Waals surface area (Å²) in [5.41, 5.74) is 5.05. The molecular weight excluding hydrogens is 394 g/mol. The number of thiazole rings is 1. The number of ether oxygens (including phenoxy) is 1. The molecule has 1 aromatic heterocycles. The second-order valence-electron chi connectivity index (χ2n) is 7.12. The molecule has 150 valence electrons. The lowest BCUT2D eigenvalue weighted by atomic mass is 10.0. The molecule has 3 aromatic carbocycles. The molecule has 4 nitrogen and oxygen atoms in total. The number of carbonyl (C=O) groups is 2. The molecule has 0 N–H and O–H groups in total. The molecule has 4 rings (SSSR count). The third-order valence-corrected chi connectivity index (χ3v) is 5.91. The zero-order valence-corrected chi connectivity index (χ0v) is 17.4. The average molecular weight is 416 g/mol. The molecule has 0 amide bonds. The third-order valence-electron chi connectivity index (χ3n) is 4.89. The zero-order chi connectivity index (χ0) is 20.9. The van der Waals surface area contributed by atoms with Crippen molar-refractivity contribution in [3.63, 3.8) is 0 Å². The number of aromatic nitrogens is 1. The highest BCUT2D eigenvalue weighted by Gasteiger charge is 2.11. The molecule has 0 unspecified atom stereocenters. The van der Waals surface area contributed by atoms with Crippen LogP contribution in [-0.2, 0) is 33.6 Å². The molecule has 0 aliphatic heterocycles. The van der Waals surface area contributed by atoms with Crippen molar-refractivity contribution in [3.05, 3.63) is 88.9 Å². The largest absolute Gasteiger partial charge is 0.469 e. The first-order valence-corrected chi connectivity index (χ1v) is 10.5. The lowest BCUT2D eigenvalue weighted by Crippen LogP contribution is -2.07. The molecule has 0 atom stereocenters. The van der Waals surface area contributed by atoms with Gasteiger partial charge in [-0.2, -0.15) is 0 Å². The average Bonchev–Trinajstić information content (AvgIpc) is 3.16. The number of methoxy groups -OCH3 is 1. The van der Waals surface area contributed by atoms with Crippen LogP contribution in [0.15, 0.2) is 72.8 Å². The highest BCUT2D eigenvalue weighted by atomic mass is 32.1. The van der Waals surface area contributed by atoms with Gasteiger partial charge in [0.25, 0.3) is 0 Å². The molecule has 4 aromatic rings. The predicted molar refractivity (Wildman–Crippen MR) is 120 cm³/mol. The Morgan fingerprint density at radius 3 is 2.23 bits per heavy atom. The summed E-state index contributed by atoms with van der Waals surface area (Å²) >= 11 is 1.57. The number of carbonyl (C=O) groups excluding carboxylic acids is 2. The summed E-state index contributed by atoms with van der Waals surface area (Å²) in [7, 11) is 1.37. The van der Waals surface area contributed by atoms with Crippen molar-refractivity contribution in [1.29, 1.82) is 0 Å². The first-order chi connectivity index (χ1) is 14.6. The summed E-state index contributed by atoms with van der Waals surface area (Å²) in [4.78, 5) is 28.5. The maximum Gasteiger partial charge on any atom is 0.309 e. The minimum absolute atomic E-state index is 0.123. The molecular formula is C25H21NO3S. The maximum absolute atomic E-state index is 12.5. The number of rotatable bonds is 7. The summed E-state index contributed by atoms with van der Waals surface area (Å²) in [6.07, 6.45) is 0.912. The van der Waals surface area contributed by atoms with E-state index in [2.05, 4.69) is 34.0 Å². The molecule has 0 saturated heterocycles. The predicted octanol–water partition coefficient (Wildman–Crippen LogP) is 5.03. The quantitative estimate of drug-likeness (QED) is 0.397. The second-order valence-corrected chi connectivity index (χ2v) is 8.23. The topological polar surface area (TPSA) is 56.3 Å². The molecule has 5 heteroatoms. The van der Waals surface area contributed by atoms with E-state index in [4.69, 9.17) is 0 Å². The number of fused-ring (bicyclic) bond motifs is 1. The van der Waals surface area contributed by atoms with Crippen molar-refractivity contribution in [2.45, 2.75) is 19.3 Å². The van der Waals surface area contributed by atoms with Crippen LogP contribution in [0.5, 0.6) is 0 Å². The first kappa shape index (κ1) is 20.0. The number of Topliss-reactive ketones (excluding diaryl/α,β-unsaturated/α-hetero) is 1. The number of benzene rings is 3. The van der Waals surface area contributed by atoms with Crippen molar-refractivity contribution in [3.8, 4) is 11.1 Å². The summed E-state index contributed by atoms with van der Waals surface area (Å²) in [5, 5.41) is 0.836. The van der Waals surface area contributed by atoms with E-state index in [1.165, 1.54) is 12.7 Å². The first-order valence-electron chi connectivity index (χ1n) is 9.72. The lowest BCUT2D eigenvalue weighted by Gasteiger charge is -2.03. The molecule has 0 aliphatic rings. The van der Waals surface area contributed by atoms with Gasteiger partial charge in [0.2, 0.25) is 0 Å². The van der Waals surface area contributed by atoms with Crippen LogP contribution >= 0.6 is 11.3 Å². The minimum atomic E-state index is -0.273. The van der Waals surface area contributed by atoms with Crippen molar-refractivity contribution in [2.24, 2.45) is 0 Å². The van der Waals surface area contributed by atoms with Gasteiger partial charge in [-0.1, -0.05) is 60.7 Å². The van der Waals surface area contributed by atoms with E-state index < -0.39 is 0 Å². The van der Waals surface area contributed by atoms with Gasteiger partial charge in [0, 0.05) is 6.42 Å². The Morgan fingerprint density at radius 1 is 0.833 bits per heavy atom. The normalized spacial score (nSPS) is 10.8. The molecule has 30 heavy (non-hydrogen) atoms. The van der Waals surface area contributed by atoms with Crippen LogP contribution in [0.3, 0.4) is 0 Å². The summed E-state index contributed by atoms with van der Waals surface area (Å²) in [5.74, 6) is -0.150. The molecule has 0 bridgehead atoms. The second kappa shape index (κ2) is 9.01. The van der Waals surface area contributed by atoms with Gasteiger partial charge < -0.3 is 4.74 Å². The van der Waals surface area contributed by atoms with Crippen LogP contribution in [0, 0.1) is 0 Å². The lowest BCUT2D eigenvalue weighted by molar-refractivity contribution is -0.139. The van der Waals surface area contributed by atoms with Crippen LogP contribution in [0.4, 0.5) is 0 Å². The van der Waals surface area contributed by atoms with E-state index in [9.17, 15) is 9.59 Å². The minimum Gasteiger partial charge on any atom is -0.469 e. The van der Waals surface area contributed by atoms with Gasteiger partial charge >= 0.3 is 5.97 Å². The number of esters is 1. The maximum atomic E-state index is 12.5. The van der Waals surface area contributed by atoms with Gasteiger partial charge in [-0.15, -0.1) is 11.3 Å². The van der Waals surface area contributed by atoms with Crippen LogP contribution in [0.1, 0.15) is 16.1 Å². The number of ketones is 1. The van der Waals surface area contributed by atoms with Crippen LogP contribution < -0.4 is 0 Å². The molecule has 0 radical (unpaired) electrons. The van der Waals surface area contributed by atoms with Gasteiger partial charge in [0.15, 0.2) is 0 Å². The van der Waals surface area contributed by atoms with E-state index in [-0.39, 0.29) is 18.2 Å². The van der Waals surface area contributed by atoms with E-state index >= 15 is 0 Å². The van der Waals surface area contributed by atoms with Crippen molar-refractivity contribution >= 4 is 33.3 Å². The highest BCUT2D eigenvalue weighted by Crippen LogP contribution is 2.28. The van der Waals surface area contributed by atoms with E-state index in [1.807, 2.05) is 48.5 Å². The Kier molecular flexibility index (Phi) is 6.00. The van der Waals surface area contributed by atoms with Crippen molar-refractivity contribution in [2.75, 3.05) is 7.11 Å². The standard InChI is InChI=1S/C25H21NO3S/c1-29-25(28)14-18-9-7-17(8-10-18)13-21(27)16-24-26-22-12-11-20(15-23(22)30-24)19-5-3-2-4-6-19/h2-12,15H,13-14,16H2,1H3. The summed E-state index contributed by atoms with van der Waals surface area (Å²) in [6, 6.07) is 24.0. The Morgan fingerprint density at radius 2 is 1.53 bits per heavy atom. The van der Waals surface area contributed by atoms with E-state index in [1.54, 1.807) is 11.3 Å². The zero-order valence-electron chi connectivity index (χ0n) is 16.6. The van der Waals surface area contributed by atoms with Crippen LogP contribution in [0.25, 0.3) is 21.3 Å². The third kappa shape index (κ3) is 4.81. The van der Waals surface area contributed by atoms with Crippen molar-refractivity contribution in [1.82, 2.24) is 4.98 Å². The number of hydrogen-bond donors (Lipinski definition) is 0. The fourth-order valence-electron chi connectivity index (χ4n) is 3.33. The molecule has 0 aliphatic carbocycles. The molecule has 1 heterocycles. The smallest absolute Gasteiger partial charge is 0.309 e. The SMILES string of the molecule is COC(=O)Cc1ccc(CC(=O)Cc2nc3ccc(-c4ccccc4)cc3s2)cc1. The van der Waals surface area contributed by atoms with E-state index in [0.29, 0.717) is 12.8 Å². The van der Waals surface area contributed by atoms with Gasteiger partial charge in [0.1, 0.15) is 10.8 Å². The van der Waals surface area contributed by atoms with Crippen LogP contribution in [0.2, 0.25) is 0 Å². The Balaban J connectivity index is 1.42. The molecule has 0 saturated carbocycles. The summed E-state index contributed by atoms with van der Waals surface area (Å²) < 4.78 is 5.76. The van der Waals surface area contributed by atoms with Crippen molar-refractivity contribution < 1.29 is 14.3 Å². The Hall–Kier alpha value is -3.31. The monoisotopic (exact) mass is 415 g/mol. The van der Waals surface area contributed by atoms with E-state index in [0.717, 1.165) is 31.9 Å². The highest BCUT2D eigenvalue weighted by molar-refractivity contribution is 7.18. The number of hydrogen-bond acceptors (Lipinski definition) is 5. The fourth-order valence-corrected chi connectivity index (χ4v) is 4.37. The summed E-state index contributed by atoms with van der Waals surface area (Å²) in [6.45, 7) is 0.